The normalized spacial score (nSPS) is 17.4. The van der Waals surface area contributed by atoms with Gasteiger partial charge in [0.15, 0.2) is 0 Å². The maximum atomic E-state index is 12.9. The van der Waals surface area contributed by atoms with E-state index >= 15 is 0 Å². The highest BCUT2D eigenvalue weighted by Crippen LogP contribution is 2.29. The van der Waals surface area contributed by atoms with E-state index in [0.717, 1.165) is 5.56 Å². The lowest BCUT2D eigenvalue weighted by Crippen LogP contribution is -2.57. The fourth-order valence-corrected chi connectivity index (χ4v) is 4.31. The SMILES string of the molecule is COc1ccc(C)cc1S(=O)(=O)N1CCN(C(C)(C)C)C(=O)C1. The van der Waals surface area contributed by atoms with Gasteiger partial charge < -0.3 is 9.64 Å². The molecule has 1 aromatic carbocycles. The van der Waals surface area contributed by atoms with Crippen LogP contribution in [-0.4, -0.2) is 55.8 Å². The Labute approximate surface area is 138 Å². The molecule has 0 radical (unpaired) electrons. The van der Waals surface area contributed by atoms with E-state index in [2.05, 4.69) is 0 Å². The third-order valence-electron chi connectivity index (χ3n) is 3.93. The van der Waals surface area contributed by atoms with Crippen LogP contribution in [0.5, 0.6) is 5.75 Å². The smallest absolute Gasteiger partial charge is 0.247 e. The molecule has 1 aromatic rings. The summed E-state index contributed by atoms with van der Waals surface area (Å²) in [7, 11) is -2.33. The van der Waals surface area contributed by atoms with Crippen LogP contribution in [0.15, 0.2) is 23.1 Å². The third-order valence-corrected chi connectivity index (χ3v) is 5.80. The van der Waals surface area contributed by atoms with Crippen LogP contribution in [0.3, 0.4) is 0 Å². The van der Waals surface area contributed by atoms with E-state index in [9.17, 15) is 13.2 Å². The number of piperazine rings is 1. The van der Waals surface area contributed by atoms with E-state index in [1.54, 1.807) is 23.1 Å². The van der Waals surface area contributed by atoms with Crippen LogP contribution in [0.1, 0.15) is 26.3 Å². The van der Waals surface area contributed by atoms with Crippen LogP contribution in [0.4, 0.5) is 0 Å². The summed E-state index contributed by atoms with van der Waals surface area (Å²) in [6.45, 7) is 8.17. The van der Waals surface area contributed by atoms with Crippen molar-refractivity contribution in [2.45, 2.75) is 38.1 Å². The zero-order chi connectivity index (χ0) is 17.4. The second kappa shape index (κ2) is 6.13. The van der Waals surface area contributed by atoms with E-state index in [1.807, 2.05) is 27.7 Å². The van der Waals surface area contributed by atoms with Gasteiger partial charge in [0.2, 0.25) is 15.9 Å². The van der Waals surface area contributed by atoms with E-state index in [4.69, 9.17) is 4.74 Å². The molecule has 1 saturated heterocycles. The van der Waals surface area contributed by atoms with Crippen LogP contribution >= 0.6 is 0 Å². The quantitative estimate of drug-likeness (QED) is 0.839. The van der Waals surface area contributed by atoms with Gasteiger partial charge in [-0.1, -0.05) is 6.07 Å². The zero-order valence-corrected chi connectivity index (χ0v) is 15.1. The van der Waals surface area contributed by atoms with Crippen molar-refractivity contribution in [2.75, 3.05) is 26.7 Å². The van der Waals surface area contributed by atoms with Crippen LogP contribution in [0.25, 0.3) is 0 Å². The van der Waals surface area contributed by atoms with E-state index < -0.39 is 10.0 Å². The number of methoxy groups -OCH3 is 1. The van der Waals surface area contributed by atoms with Crippen molar-refractivity contribution < 1.29 is 17.9 Å². The average molecular weight is 340 g/mol. The van der Waals surface area contributed by atoms with Crippen molar-refractivity contribution in [1.29, 1.82) is 0 Å². The Morgan fingerprint density at radius 3 is 2.35 bits per heavy atom. The predicted octanol–water partition coefficient (Wildman–Crippen LogP) is 1.64. The monoisotopic (exact) mass is 340 g/mol. The lowest BCUT2D eigenvalue weighted by molar-refractivity contribution is -0.139. The van der Waals surface area contributed by atoms with Gasteiger partial charge in [0, 0.05) is 18.6 Å². The van der Waals surface area contributed by atoms with Gasteiger partial charge in [0.1, 0.15) is 10.6 Å². The number of nitrogens with zero attached hydrogens (tertiary/aromatic N) is 2. The highest BCUT2D eigenvalue weighted by molar-refractivity contribution is 7.89. The van der Waals surface area contributed by atoms with Crippen molar-refractivity contribution in [1.82, 2.24) is 9.21 Å². The highest BCUT2D eigenvalue weighted by Gasteiger charge is 2.37. The summed E-state index contributed by atoms with van der Waals surface area (Å²) in [4.78, 5) is 14.2. The summed E-state index contributed by atoms with van der Waals surface area (Å²) in [6, 6.07) is 5.00. The molecule has 1 aliphatic rings. The minimum atomic E-state index is -3.77. The average Bonchev–Trinajstić information content (AvgIpc) is 2.45. The Kier molecular flexibility index (Phi) is 4.73. The van der Waals surface area contributed by atoms with Gasteiger partial charge in [-0.2, -0.15) is 4.31 Å². The Bertz CT molecular complexity index is 707. The Morgan fingerprint density at radius 2 is 1.83 bits per heavy atom. The van der Waals surface area contributed by atoms with Gasteiger partial charge >= 0.3 is 0 Å². The van der Waals surface area contributed by atoms with Crippen molar-refractivity contribution >= 4 is 15.9 Å². The van der Waals surface area contributed by atoms with Crippen molar-refractivity contribution in [3.8, 4) is 5.75 Å². The maximum absolute atomic E-state index is 12.9. The lowest BCUT2D eigenvalue weighted by atomic mass is 10.1. The third kappa shape index (κ3) is 3.50. The number of rotatable bonds is 3. The molecule has 0 N–H and O–H groups in total. The fourth-order valence-electron chi connectivity index (χ4n) is 2.69. The molecule has 0 spiro atoms. The van der Waals surface area contributed by atoms with Gasteiger partial charge in [-0.3, -0.25) is 4.79 Å². The van der Waals surface area contributed by atoms with Crippen molar-refractivity contribution in [3.63, 3.8) is 0 Å². The molecule has 0 saturated carbocycles. The number of benzene rings is 1. The largest absolute Gasteiger partial charge is 0.495 e. The minimum absolute atomic E-state index is 0.108. The molecule has 7 heteroatoms. The number of hydrogen-bond donors (Lipinski definition) is 0. The number of carbonyl (C=O) groups is 1. The van der Waals surface area contributed by atoms with Crippen LogP contribution in [-0.2, 0) is 14.8 Å². The number of ether oxygens (including phenoxy) is 1. The second-order valence-corrected chi connectivity index (χ2v) is 8.62. The van der Waals surface area contributed by atoms with Crippen LogP contribution in [0.2, 0.25) is 0 Å². The predicted molar refractivity (Wildman–Crippen MR) is 88.0 cm³/mol. The first kappa shape index (κ1) is 17.7. The molecule has 23 heavy (non-hydrogen) atoms. The molecule has 0 unspecified atom stereocenters. The highest BCUT2D eigenvalue weighted by atomic mass is 32.2. The van der Waals surface area contributed by atoms with Crippen molar-refractivity contribution in [2.24, 2.45) is 0 Å². The number of amides is 1. The number of sulfonamides is 1. The topological polar surface area (TPSA) is 66.9 Å². The van der Waals surface area contributed by atoms with Crippen LogP contribution in [0, 0.1) is 6.92 Å². The minimum Gasteiger partial charge on any atom is -0.495 e. The second-order valence-electron chi connectivity index (χ2n) is 6.71. The summed E-state index contributed by atoms with van der Waals surface area (Å²) in [5.41, 5.74) is 0.512. The van der Waals surface area contributed by atoms with E-state index in [-0.39, 0.29) is 29.4 Å². The number of carbonyl (C=O) groups excluding carboxylic acids is 1. The Morgan fingerprint density at radius 1 is 1.17 bits per heavy atom. The maximum Gasteiger partial charge on any atom is 0.247 e. The van der Waals surface area contributed by atoms with E-state index in [1.165, 1.54) is 11.4 Å². The molecule has 1 heterocycles. The van der Waals surface area contributed by atoms with Gasteiger partial charge in [-0.25, -0.2) is 8.42 Å². The summed E-state index contributed by atoms with van der Waals surface area (Å²) in [5.74, 6) is 0.111. The molecular formula is C16H24N2O4S. The fraction of sp³-hybridized carbons (Fsp3) is 0.562. The molecule has 6 nitrogen and oxygen atoms in total. The van der Waals surface area contributed by atoms with Crippen molar-refractivity contribution in [3.05, 3.63) is 23.8 Å². The van der Waals surface area contributed by atoms with Gasteiger partial charge in [-0.15, -0.1) is 0 Å². The zero-order valence-electron chi connectivity index (χ0n) is 14.3. The van der Waals surface area contributed by atoms with Gasteiger partial charge in [0.05, 0.1) is 13.7 Å². The number of hydrogen-bond acceptors (Lipinski definition) is 4. The molecule has 1 amide bonds. The summed E-state index contributed by atoms with van der Waals surface area (Å²) >= 11 is 0. The molecule has 0 bridgehead atoms. The van der Waals surface area contributed by atoms with E-state index in [0.29, 0.717) is 12.3 Å². The first-order chi connectivity index (χ1) is 10.6. The molecule has 1 aliphatic heterocycles. The molecule has 1 fully saturated rings. The Balaban J connectivity index is 2.33. The van der Waals surface area contributed by atoms with Gasteiger partial charge in [0.25, 0.3) is 0 Å². The molecule has 0 aliphatic carbocycles. The first-order valence-electron chi connectivity index (χ1n) is 7.52. The first-order valence-corrected chi connectivity index (χ1v) is 8.96. The summed E-state index contributed by atoms with van der Waals surface area (Å²) in [6.07, 6.45) is 0. The van der Waals surface area contributed by atoms with Crippen LogP contribution < -0.4 is 4.74 Å². The Hall–Kier alpha value is -1.60. The molecule has 0 aromatic heterocycles. The standard InChI is InChI=1S/C16H24N2O4S/c1-12-6-7-13(22-5)14(10-12)23(20,21)17-8-9-18(15(19)11-17)16(2,3)4/h6-7,10H,8-9,11H2,1-5H3. The van der Waals surface area contributed by atoms with Gasteiger partial charge in [-0.05, 0) is 45.4 Å². The summed E-state index contributed by atoms with van der Waals surface area (Å²) < 4.78 is 32.2. The molecule has 0 atom stereocenters. The number of aryl methyl sites for hydroxylation is 1. The summed E-state index contributed by atoms with van der Waals surface area (Å²) in [5, 5.41) is 0. The molecule has 2 rings (SSSR count). The molecular weight excluding hydrogens is 316 g/mol. The lowest BCUT2D eigenvalue weighted by Gasteiger charge is -2.41. The molecule has 128 valence electrons.